The third kappa shape index (κ3) is 3.28. The van der Waals surface area contributed by atoms with Gasteiger partial charge in [0, 0.05) is 10.5 Å². The lowest BCUT2D eigenvalue weighted by atomic mass is 10.1. The highest BCUT2D eigenvalue weighted by atomic mass is 16.6. The molecule has 30 heavy (non-hydrogen) atoms. The van der Waals surface area contributed by atoms with Crippen molar-refractivity contribution in [3.63, 3.8) is 0 Å². The largest absolute Gasteiger partial charge is 0.479 e. The summed E-state index contributed by atoms with van der Waals surface area (Å²) in [5.74, 6) is -1.66. The second-order valence-corrected chi connectivity index (χ2v) is 6.34. The van der Waals surface area contributed by atoms with Gasteiger partial charge in [0.15, 0.2) is 29.3 Å². The number of benzene rings is 1. The topological polar surface area (TPSA) is 188 Å². The predicted molar refractivity (Wildman–Crippen MR) is 100 cm³/mol. The van der Waals surface area contributed by atoms with E-state index in [1.54, 1.807) is 30.3 Å². The number of aliphatic carboxylic acids is 1. The lowest BCUT2D eigenvalue weighted by Crippen LogP contribution is -2.34. The van der Waals surface area contributed by atoms with Crippen molar-refractivity contribution < 1.29 is 24.5 Å². The van der Waals surface area contributed by atoms with Gasteiger partial charge in [0.1, 0.15) is 18.5 Å². The summed E-state index contributed by atoms with van der Waals surface area (Å²) in [5.41, 5.74) is 9.47. The molecule has 13 heteroatoms. The average Bonchev–Trinajstić information content (AvgIpc) is 3.31. The Morgan fingerprint density at radius 3 is 2.70 bits per heavy atom. The van der Waals surface area contributed by atoms with Gasteiger partial charge >= 0.3 is 5.97 Å². The second kappa shape index (κ2) is 7.75. The minimum atomic E-state index is -1.54. The number of azide groups is 1. The third-order valence-corrected chi connectivity index (χ3v) is 4.57. The number of aromatic nitrogens is 4. The Bertz CT molecular complexity index is 1160. The normalized spacial score (nSPS) is 23.1. The molecule has 1 amide bonds. The first-order valence-electron chi connectivity index (χ1n) is 8.65. The Hall–Kier alpha value is -4.06. The van der Waals surface area contributed by atoms with E-state index in [1.165, 1.54) is 17.2 Å². The Balaban J connectivity index is 1.67. The van der Waals surface area contributed by atoms with Crippen LogP contribution in [0.1, 0.15) is 16.6 Å². The van der Waals surface area contributed by atoms with Crippen molar-refractivity contribution in [2.75, 3.05) is 5.32 Å². The Kier molecular flexibility index (Phi) is 4.98. The Morgan fingerprint density at radius 2 is 2.00 bits per heavy atom. The number of aliphatic hydroxyl groups is 1. The number of nitrogens with zero attached hydrogens (tertiary/aromatic N) is 7. The highest BCUT2D eigenvalue weighted by Gasteiger charge is 2.48. The number of amides is 1. The van der Waals surface area contributed by atoms with E-state index in [-0.39, 0.29) is 17.0 Å². The molecule has 0 unspecified atom stereocenters. The number of rotatable bonds is 5. The molecule has 3 N–H and O–H groups in total. The van der Waals surface area contributed by atoms with Crippen molar-refractivity contribution in [3.8, 4) is 0 Å². The molecule has 0 aliphatic carbocycles. The Morgan fingerprint density at radius 1 is 1.23 bits per heavy atom. The number of carbonyl (C=O) groups is 2. The second-order valence-electron chi connectivity index (χ2n) is 6.34. The maximum absolute atomic E-state index is 12.4. The highest BCUT2D eigenvalue weighted by Crippen LogP contribution is 2.34. The number of carboxylic acids is 1. The van der Waals surface area contributed by atoms with Gasteiger partial charge in [-0.25, -0.2) is 19.7 Å². The van der Waals surface area contributed by atoms with E-state index in [0.717, 1.165) is 0 Å². The van der Waals surface area contributed by atoms with E-state index in [4.69, 9.17) is 10.3 Å². The number of fused-ring (bicyclic) bond motifs is 1. The molecule has 4 atom stereocenters. The van der Waals surface area contributed by atoms with E-state index in [2.05, 4.69) is 30.3 Å². The zero-order chi connectivity index (χ0) is 21.3. The number of hydrogen-bond donors (Lipinski definition) is 3. The summed E-state index contributed by atoms with van der Waals surface area (Å²) >= 11 is 0. The number of imidazole rings is 1. The maximum Gasteiger partial charge on any atom is 0.333 e. The van der Waals surface area contributed by atoms with E-state index < -0.39 is 36.4 Å². The first kappa shape index (κ1) is 19.3. The standard InChI is InChI=1S/C17H14N8O5/c18-24-23-9-11(26)16(30-12(9)17(28)29)25-7-21-10-13(19-6-20-14(10)25)22-15(27)8-4-2-1-3-5-8/h1-7,9,11-12,16,26H,(H,28,29)(H,19,20,22,27)/t9-,11+,12-,16+/m0/s1. The molecule has 0 saturated carbocycles. The fourth-order valence-electron chi connectivity index (χ4n) is 3.18. The summed E-state index contributed by atoms with van der Waals surface area (Å²) in [4.78, 5) is 38.7. The van der Waals surface area contributed by atoms with E-state index in [0.29, 0.717) is 5.56 Å². The highest BCUT2D eigenvalue weighted by molar-refractivity contribution is 6.06. The van der Waals surface area contributed by atoms with Crippen LogP contribution in [0.3, 0.4) is 0 Å². The minimum Gasteiger partial charge on any atom is -0.479 e. The summed E-state index contributed by atoms with van der Waals surface area (Å²) < 4.78 is 6.70. The third-order valence-electron chi connectivity index (χ3n) is 4.57. The molecular weight excluding hydrogens is 396 g/mol. The van der Waals surface area contributed by atoms with Crippen LogP contribution in [0.4, 0.5) is 5.82 Å². The van der Waals surface area contributed by atoms with Gasteiger partial charge < -0.3 is 20.3 Å². The van der Waals surface area contributed by atoms with Crippen LogP contribution in [0.15, 0.2) is 48.1 Å². The monoisotopic (exact) mass is 410 g/mol. The number of ether oxygens (including phenoxy) is 1. The van der Waals surface area contributed by atoms with Crippen molar-refractivity contribution in [2.24, 2.45) is 5.11 Å². The molecule has 1 aliphatic heterocycles. The molecule has 13 nitrogen and oxygen atoms in total. The Labute approximate surface area is 167 Å². The molecule has 4 rings (SSSR count). The molecule has 1 aliphatic rings. The molecule has 1 aromatic carbocycles. The van der Waals surface area contributed by atoms with Gasteiger partial charge in [-0.1, -0.05) is 23.3 Å². The first-order valence-corrected chi connectivity index (χ1v) is 8.65. The molecule has 0 bridgehead atoms. The molecule has 0 radical (unpaired) electrons. The first-order chi connectivity index (χ1) is 14.5. The number of aliphatic hydroxyl groups excluding tert-OH is 1. The van der Waals surface area contributed by atoms with Crippen molar-refractivity contribution in [3.05, 3.63) is 59.0 Å². The molecule has 1 saturated heterocycles. The van der Waals surface area contributed by atoms with Crippen LogP contribution in [0.5, 0.6) is 0 Å². The summed E-state index contributed by atoms with van der Waals surface area (Å²) in [7, 11) is 0. The minimum absolute atomic E-state index is 0.126. The molecular formula is C17H14N8O5. The average molecular weight is 410 g/mol. The lowest BCUT2D eigenvalue weighted by Gasteiger charge is -2.16. The number of anilines is 1. The van der Waals surface area contributed by atoms with Crippen molar-refractivity contribution in [2.45, 2.75) is 24.5 Å². The molecule has 0 spiro atoms. The summed E-state index contributed by atoms with van der Waals surface area (Å²) in [6.07, 6.45) is -1.78. The van der Waals surface area contributed by atoms with Crippen LogP contribution in [0, 0.1) is 0 Å². The van der Waals surface area contributed by atoms with Gasteiger partial charge in [0.05, 0.1) is 6.33 Å². The van der Waals surface area contributed by atoms with Crippen molar-refractivity contribution >= 4 is 28.9 Å². The maximum atomic E-state index is 12.4. The number of hydrogen-bond acceptors (Lipinski definition) is 8. The molecule has 152 valence electrons. The number of carbonyl (C=O) groups excluding carboxylic acids is 1. The van der Waals surface area contributed by atoms with Gasteiger partial charge in [-0.2, -0.15) is 0 Å². The molecule has 3 aromatic rings. The van der Waals surface area contributed by atoms with Gasteiger partial charge in [-0.05, 0) is 17.7 Å². The fraction of sp³-hybridized carbons (Fsp3) is 0.235. The van der Waals surface area contributed by atoms with Crippen LogP contribution in [0.25, 0.3) is 21.6 Å². The summed E-state index contributed by atoms with van der Waals surface area (Å²) in [5, 5.41) is 25.8. The summed E-state index contributed by atoms with van der Waals surface area (Å²) in [6, 6.07) is 7.15. The SMILES string of the molecule is [N-]=[N+]=N[C@H]1[C@@H](O)[C@H](n2cnc3c(NC(=O)c4ccccc4)ncnc32)O[C@@H]1C(=O)O. The lowest BCUT2D eigenvalue weighted by molar-refractivity contribution is -0.152. The quantitative estimate of drug-likeness (QED) is 0.316. The fourth-order valence-corrected chi connectivity index (χ4v) is 3.18. The van der Waals surface area contributed by atoms with Crippen LogP contribution in [0.2, 0.25) is 0 Å². The van der Waals surface area contributed by atoms with Crippen molar-refractivity contribution in [1.82, 2.24) is 19.5 Å². The van der Waals surface area contributed by atoms with E-state index in [9.17, 15) is 19.8 Å². The van der Waals surface area contributed by atoms with Crippen LogP contribution < -0.4 is 5.32 Å². The van der Waals surface area contributed by atoms with E-state index in [1.807, 2.05) is 0 Å². The summed E-state index contributed by atoms with van der Waals surface area (Å²) in [6.45, 7) is 0. The number of nitrogens with one attached hydrogen (secondary N) is 1. The van der Waals surface area contributed by atoms with Gasteiger partial charge in [0.25, 0.3) is 5.91 Å². The van der Waals surface area contributed by atoms with Gasteiger partial charge in [-0.15, -0.1) is 0 Å². The van der Waals surface area contributed by atoms with Crippen LogP contribution in [-0.2, 0) is 9.53 Å². The zero-order valence-electron chi connectivity index (χ0n) is 15.1. The van der Waals surface area contributed by atoms with Crippen LogP contribution >= 0.6 is 0 Å². The number of carboxylic acid groups (broad SMARTS) is 1. The molecule has 2 aromatic heterocycles. The van der Waals surface area contributed by atoms with Crippen molar-refractivity contribution in [1.29, 1.82) is 0 Å². The van der Waals surface area contributed by atoms with Gasteiger partial charge in [0.2, 0.25) is 0 Å². The zero-order valence-corrected chi connectivity index (χ0v) is 15.1. The van der Waals surface area contributed by atoms with Gasteiger partial charge in [-0.3, -0.25) is 9.36 Å². The van der Waals surface area contributed by atoms with E-state index >= 15 is 0 Å². The molecule has 1 fully saturated rings. The smallest absolute Gasteiger partial charge is 0.333 e. The predicted octanol–water partition coefficient (Wildman–Crippen LogP) is 1.10. The van der Waals surface area contributed by atoms with Crippen LogP contribution in [-0.4, -0.2) is 59.9 Å². The molecule has 3 heterocycles.